The molecule has 0 fully saturated rings. The zero-order valence-electron chi connectivity index (χ0n) is 18.4. The molecule has 9 heteroatoms. The van der Waals surface area contributed by atoms with Gasteiger partial charge in [0.15, 0.2) is 5.82 Å². The van der Waals surface area contributed by atoms with Gasteiger partial charge in [-0.1, -0.05) is 50.2 Å². The molecule has 2 aromatic rings. The Balaban J connectivity index is 1.81. The molecule has 1 N–H and O–H groups in total. The van der Waals surface area contributed by atoms with Crippen molar-refractivity contribution in [1.82, 2.24) is 9.55 Å². The Morgan fingerprint density at radius 2 is 1.84 bits per heavy atom. The summed E-state index contributed by atoms with van der Waals surface area (Å²) in [6.07, 6.45) is 1.02. The molecule has 32 heavy (non-hydrogen) atoms. The largest absolute Gasteiger partial charge is 0.354 e. The highest BCUT2D eigenvalue weighted by Gasteiger charge is 2.27. The molecule has 2 heterocycles. The molecule has 0 spiro atoms. The van der Waals surface area contributed by atoms with Crippen molar-refractivity contribution in [2.24, 2.45) is 5.92 Å². The second-order valence-corrected chi connectivity index (χ2v) is 12.3. The van der Waals surface area contributed by atoms with E-state index in [1.807, 2.05) is 32.0 Å². The molecular weight excluding hydrogens is 462 g/mol. The molecule has 0 saturated heterocycles. The standard InChI is InChI=1S/C23H25N3O3S3/c1-14(2)12-13-30-22-20-21(24-23(27)26(20)15(3)16(4)31-22)25-32(28,29)19-11-7-9-17-8-5-6-10-18(17)19/h5-11,14H,12-13H2,1-4H3,(H,24,25,27). The van der Waals surface area contributed by atoms with Gasteiger partial charge in [0.2, 0.25) is 0 Å². The van der Waals surface area contributed by atoms with Gasteiger partial charge < -0.3 is 0 Å². The molecule has 2 aliphatic heterocycles. The fraction of sp³-hybridized carbons (Fsp3) is 0.304. The van der Waals surface area contributed by atoms with Gasteiger partial charge in [0.25, 0.3) is 10.0 Å². The van der Waals surface area contributed by atoms with Crippen LogP contribution >= 0.6 is 23.1 Å². The number of thioether (sulfide) groups is 1. The van der Waals surface area contributed by atoms with Crippen molar-refractivity contribution in [1.29, 1.82) is 0 Å². The molecule has 2 aromatic carbocycles. The van der Waals surface area contributed by atoms with Gasteiger partial charge in [-0.3, -0.25) is 9.29 Å². The van der Waals surface area contributed by atoms with E-state index in [2.05, 4.69) is 23.6 Å². The van der Waals surface area contributed by atoms with Gasteiger partial charge >= 0.3 is 5.69 Å². The van der Waals surface area contributed by atoms with Gasteiger partial charge in [0, 0.05) is 16.0 Å². The van der Waals surface area contributed by atoms with Crippen LogP contribution < -0.4 is 10.4 Å². The number of benzene rings is 2. The fourth-order valence-electron chi connectivity index (χ4n) is 3.49. The minimum atomic E-state index is -3.96. The van der Waals surface area contributed by atoms with Crippen LogP contribution in [0.1, 0.15) is 30.8 Å². The number of aromatic nitrogens is 2. The first-order valence-corrected chi connectivity index (χ1v) is 13.6. The highest BCUT2D eigenvalue weighted by atomic mass is 32.2. The lowest BCUT2D eigenvalue weighted by atomic mass is 10.1. The Labute approximate surface area is 196 Å². The summed E-state index contributed by atoms with van der Waals surface area (Å²) >= 11 is 3.20. The lowest BCUT2D eigenvalue weighted by molar-refractivity contribution is 0.602. The molecule has 0 radical (unpaired) electrons. The van der Waals surface area contributed by atoms with Crippen molar-refractivity contribution >= 4 is 49.7 Å². The van der Waals surface area contributed by atoms with E-state index in [9.17, 15) is 13.2 Å². The number of rotatable bonds is 7. The van der Waals surface area contributed by atoms with Gasteiger partial charge in [-0.25, -0.2) is 13.2 Å². The Hall–Kier alpha value is -2.36. The van der Waals surface area contributed by atoms with Crippen LogP contribution in [0.2, 0.25) is 0 Å². The molecule has 0 saturated carbocycles. The SMILES string of the molecule is Cc1sc(SCCC(C)C)c2c(NS(=O)(=O)c3cccc4ccccc34)nc(=O)n-2c1C. The van der Waals surface area contributed by atoms with E-state index in [1.165, 1.54) is 4.57 Å². The van der Waals surface area contributed by atoms with E-state index >= 15 is 0 Å². The smallest absolute Gasteiger partial charge is 0.261 e. The van der Waals surface area contributed by atoms with Crippen molar-refractivity contribution in [3.63, 3.8) is 0 Å². The number of aryl methyl sites for hydroxylation is 1. The first kappa shape index (κ1) is 22.8. The van der Waals surface area contributed by atoms with Crippen LogP contribution in [-0.2, 0) is 10.0 Å². The first-order chi connectivity index (χ1) is 15.2. The Kier molecular flexibility index (Phi) is 6.33. The number of nitrogens with one attached hydrogen (secondary N) is 1. The summed E-state index contributed by atoms with van der Waals surface area (Å²) in [5.74, 6) is 1.51. The summed E-state index contributed by atoms with van der Waals surface area (Å²) in [6, 6.07) is 12.5. The summed E-state index contributed by atoms with van der Waals surface area (Å²) in [5, 5.41) is 1.45. The number of imidazole rings is 1. The Morgan fingerprint density at radius 1 is 1.12 bits per heavy atom. The summed E-state index contributed by atoms with van der Waals surface area (Å²) < 4.78 is 31.8. The predicted molar refractivity (Wildman–Crippen MR) is 133 cm³/mol. The average molecular weight is 488 g/mol. The van der Waals surface area contributed by atoms with E-state index < -0.39 is 15.7 Å². The maximum atomic E-state index is 13.4. The fourth-order valence-corrected chi connectivity index (χ4v) is 7.49. The Morgan fingerprint density at radius 3 is 2.59 bits per heavy atom. The minimum absolute atomic E-state index is 0.0781. The number of anilines is 1. The van der Waals surface area contributed by atoms with Gasteiger partial charge in [0.05, 0.1) is 9.10 Å². The molecule has 4 rings (SSSR count). The lowest BCUT2D eigenvalue weighted by Crippen LogP contribution is -2.17. The molecule has 168 valence electrons. The monoisotopic (exact) mass is 487 g/mol. The number of hydrogen-bond donors (Lipinski definition) is 1. The Bertz CT molecular complexity index is 1420. The van der Waals surface area contributed by atoms with Crippen LogP contribution in [0.5, 0.6) is 0 Å². The average Bonchev–Trinajstić information content (AvgIpc) is 3.06. The quantitative estimate of drug-likeness (QED) is 0.351. The first-order valence-electron chi connectivity index (χ1n) is 10.3. The zero-order chi connectivity index (χ0) is 23.0. The van der Waals surface area contributed by atoms with Crippen LogP contribution in [0.25, 0.3) is 16.5 Å². The van der Waals surface area contributed by atoms with Gasteiger partial charge in [0.1, 0.15) is 5.69 Å². The van der Waals surface area contributed by atoms with E-state index in [-0.39, 0.29) is 10.7 Å². The topological polar surface area (TPSA) is 81.1 Å². The zero-order valence-corrected chi connectivity index (χ0v) is 20.8. The highest BCUT2D eigenvalue weighted by Crippen LogP contribution is 2.39. The third-order valence-electron chi connectivity index (χ3n) is 5.33. The summed E-state index contributed by atoms with van der Waals surface area (Å²) in [5.41, 5.74) is 0.821. The molecule has 0 aliphatic carbocycles. The second kappa shape index (κ2) is 8.88. The minimum Gasteiger partial charge on any atom is -0.261 e. The van der Waals surface area contributed by atoms with Crippen molar-refractivity contribution in [3.05, 3.63) is 63.5 Å². The van der Waals surface area contributed by atoms with Crippen molar-refractivity contribution in [2.75, 3.05) is 10.5 Å². The third-order valence-corrected chi connectivity index (χ3v) is 9.21. The van der Waals surface area contributed by atoms with Crippen LogP contribution in [-0.4, -0.2) is 23.7 Å². The predicted octanol–water partition coefficient (Wildman–Crippen LogP) is 5.44. The summed E-state index contributed by atoms with van der Waals surface area (Å²) in [4.78, 5) is 18.0. The number of sulfonamides is 1. The number of nitrogens with zero attached hydrogens (tertiary/aromatic N) is 2. The van der Waals surface area contributed by atoms with E-state index in [0.717, 1.165) is 32.3 Å². The molecule has 0 aromatic heterocycles. The third kappa shape index (κ3) is 4.29. The van der Waals surface area contributed by atoms with E-state index in [1.54, 1.807) is 47.4 Å². The molecule has 0 unspecified atom stereocenters. The second-order valence-electron chi connectivity index (χ2n) is 8.07. The molecule has 0 bridgehead atoms. The van der Waals surface area contributed by atoms with Crippen molar-refractivity contribution in [3.8, 4) is 5.69 Å². The van der Waals surface area contributed by atoms with Crippen LogP contribution in [0, 0.1) is 19.8 Å². The van der Waals surface area contributed by atoms with Gasteiger partial charge in [-0.2, -0.15) is 4.98 Å². The maximum absolute atomic E-state index is 13.4. The molecule has 0 atom stereocenters. The summed E-state index contributed by atoms with van der Waals surface area (Å²) in [7, 11) is -3.96. The molecule has 6 nitrogen and oxygen atoms in total. The number of hydrogen-bond acceptors (Lipinski definition) is 6. The van der Waals surface area contributed by atoms with Gasteiger partial charge in [-0.15, -0.1) is 23.1 Å². The maximum Gasteiger partial charge on any atom is 0.354 e. The molecule has 2 aliphatic rings. The normalized spacial score (nSPS) is 12.2. The van der Waals surface area contributed by atoms with Crippen molar-refractivity contribution < 1.29 is 8.42 Å². The van der Waals surface area contributed by atoms with Crippen LogP contribution in [0.15, 0.2) is 56.4 Å². The number of fused-ring (bicyclic) bond motifs is 2. The highest BCUT2D eigenvalue weighted by molar-refractivity contribution is 8.01. The molecular formula is C23H25N3O3S3. The van der Waals surface area contributed by atoms with Crippen LogP contribution in [0.3, 0.4) is 0 Å². The van der Waals surface area contributed by atoms with E-state index in [4.69, 9.17) is 0 Å². The summed E-state index contributed by atoms with van der Waals surface area (Å²) in [6.45, 7) is 8.15. The van der Waals surface area contributed by atoms with E-state index in [0.29, 0.717) is 17.0 Å². The molecule has 0 amide bonds. The van der Waals surface area contributed by atoms with Crippen LogP contribution in [0.4, 0.5) is 5.82 Å². The van der Waals surface area contributed by atoms with Crippen molar-refractivity contribution in [2.45, 2.75) is 43.2 Å². The lowest BCUT2D eigenvalue weighted by Gasteiger charge is -2.16. The van der Waals surface area contributed by atoms with Gasteiger partial charge in [-0.05, 0) is 43.4 Å².